The number of ether oxygens (including phenoxy) is 1. The minimum absolute atomic E-state index is 0.528. The van der Waals surface area contributed by atoms with Crippen LogP contribution in [-0.2, 0) is 17.8 Å². The molecule has 0 saturated carbocycles. The summed E-state index contributed by atoms with van der Waals surface area (Å²) in [5, 5.41) is 3.48. The first-order valence-electron chi connectivity index (χ1n) is 7.20. The van der Waals surface area contributed by atoms with Crippen LogP contribution in [0.5, 0.6) is 0 Å². The van der Waals surface area contributed by atoms with Crippen molar-refractivity contribution >= 4 is 11.3 Å². The van der Waals surface area contributed by atoms with Crippen molar-refractivity contribution in [3.05, 3.63) is 34.0 Å². The summed E-state index contributed by atoms with van der Waals surface area (Å²) < 4.78 is 5.17. The molecule has 114 valence electrons. The number of thiophene rings is 1. The standard InChI is InChI=1S/C16H28N2OS/c1-6-7-18(8-9-19-5)12-15-10-16(20-14(15)4)11-17-13(2)3/h6,10,13,17H,1,7-9,11-12H2,2-5H3. The number of hydrogen-bond donors (Lipinski definition) is 1. The minimum Gasteiger partial charge on any atom is -0.383 e. The highest BCUT2D eigenvalue weighted by Gasteiger charge is 2.10. The maximum Gasteiger partial charge on any atom is 0.0589 e. The summed E-state index contributed by atoms with van der Waals surface area (Å²) in [7, 11) is 1.75. The Bertz CT molecular complexity index is 401. The summed E-state index contributed by atoms with van der Waals surface area (Å²) in [6.07, 6.45) is 1.96. The number of aryl methyl sites for hydroxylation is 1. The third kappa shape index (κ3) is 6.18. The maximum absolute atomic E-state index is 5.17. The van der Waals surface area contributed by atoms with Crippen LogP contribution in [0.3, 0.4) is 0 Å². The highest BCUT2D eigenvalue weighted by Crippen LogP contribution is 2.23. The third-order valence-electron chi connectivity index (χ3n) is 3.15. The van der Waals surface area contributed by atoms with E-state index >= 15 is 0 Å². The Morgan fingerprint density at radius 1 is 1.50 bits per heavy atom. The first-order chi connectivity index (χ1) is 9.56. The molecule has 20 heavy (non-hydrogen) atoms. The molecule has 4 heteroatoms. The second-order valence-corrected chi connectivity index (χ2v) is 6.69. The maximum atomic E-state index is 5.17. The Kier molecular flexibility index (Phi) is 8.07. The van der Waals surface area contributed by atoms with Gasteiger partial charge in [-0.05, 0) is 18.6 Å². The van der Waals surface area contributed by atoms with Crippen molar-refractivity contribution < 1.29 is 4.74 Å². The molecule has 0 aliphatic rings. The van der Waals surface area contributed by atoms with Gasteiger partial charge < -0.3 is 10.1 Å². The molecule has 0 radical (unpaired) electrons. The third-order valence-corrected chi connectivity index (χ3v) is 4.24. The van der Waals surface area contributed by atoms with Gasteiger partial charge in [-0.1, -0.05) is 19.9 Å². The van der Waals surface area contributed by atoms with E-state index in [-0.39, 0.29) is 0 Å². The Morgan fingerprint density at radius 2 is 2.25 bits per heavy atom. The van der Waals surface area contributed by atoms with E-state index in [2.05, 4.69) is 43.6 Å². The molecule has 0 saturated heterocycles. The quantitative estimate of drug-likeness (QED) is 0.671. The highest BCUT2D eigenvalue weighted by atomic mass is 32.1. The number of methoxy groups -OCH3 is 1. The summed E-state index contributed by atoms with van der Waals surface area (Å²) in [6, 6.07) is 2.86. The van der Waals surface area contributed by atoms with E-state index in [1.54, 1.807) is 7.11 Å². The zero-order valence-corrected chi connectivity index (χ0v) is 14.1. The van der Waals surface area contributed by atoms with E-state index in [1.165, 1.54) is 15.3 Å². The van der Waals surface area contributed by atoms with Crippen molar-refractivity contribution in [1.29, 1.82) is 0 Å². The first-order valence-corrected chi connectivity index (χ1v) is 8.02. The summed E-state index contributed by atoms with van der Waals surface area (Å²) >= 11 is 1.89. The SMILES string of the molecule is C=CCN(CCOC)Cc1cc(CNC(C)C)sc1C. The van der Waals surface area contributed by atoms with Crippen LogP contribution in [0.1, 0.15) is 29.2 Å². The minimum atomic E-state index is 0.528. The highest BCUT2D eigenvalue weighted by molar-refractivity contribution is 7.12. The fourth-order valence-electron chi connectivity index (χ4n) is 2.02. The fourth-order valence-corrected chi connectivity index (χ4v) is 3.02. The van der Waals surface area contributed by atoms with Crippen molar-refractivity contribution in [2.45, 2.75) is 39.9 Å². The molecule has 1 rings (SSSR count). The van der Waals surface area contributed by atoms with Gasteiger partial charge in [-0.3, -0.25) is 4.90 Å². The molecule has 1 aromatic rings. The second kappa shape index (κ2) is 9.29. The Balaban J connectivity index is 2.62. The molecule has 0 amide bonds. The van der Waals surface area contributed by atoms with E-state index in [4.69, 9.17) is 4.74 Å². The molecule has 0 unspecified atom stereocenters. The number of nitrogens with one attached hydrogen (secondary N) is 1. The van der Waals surface area contributed by atoms with Crippen LogP contribution >= 0.6 is 11.3 Å². The van der Waals surface area contributed by atoms with Gasteiger partial charge in [0, 0.05) is 49.1 Å². The van der Waals surface area contributed by atoms with Gasteiger partial charge in [0.15, 0.2) is 0 Å². The van der Waals surface area contributed by atoms with Gasteiger partial charge in [0.1, 0.15) is 0 Å². The molecule has 0 aliphatic heterocycles. The predicted molar refractivity (Wildman–Crippen MR) is 88.4 cm³/mol. The van der Waals surface area contributed by atoms with Crippen molar-refractivity contribution in [3.63, 3.8) is 0 Å². The molecule has 1 aromatic heterocycles. The molecule has 0 atom stereocenters. The van der Waals surface area contributed by atoms with Crippen molar-refractivity contribution in [2.75, 3.05) is 26.8 Å². The summed E-state index contributed by atoms with van der Waals surface area (Å²) in [5.41, 5.74) is 1.42. The zero-order chi connectivity index (χ0) is 15.0. The van der Waals surface area contributed by atoms with Crippen molar-refractivity contribution in [1.82, 2.24) is 10.2 Å². The lowest BCUT2D eigenvalue weighted by Crippen LogP contribution is -2.27. The molecule has 3 nitrogen and oxygen atoms in total. The Morgan fingerprint density at radius 3 is 2.85 bits per heavy atom. The van der Waals surface area contributed by atoms with Gasteiger partial charge in [-0.25, -0.2) is 0 Å². The van der Waals surface area contributed by atoms with Gasteiger partial charge in [-0.15, -0.1) is 17.9 Å². The molecule has 0 fully saturated rings. The van der Waals surface area contributed by atoms with Crippen LogP contribution in [-0.4, -0.2) is 37.7 Å². The average Bonchev–Trinajstić information content (AvgIpc) is 2.74. The lowest BCUT2D eigenvalue weighted by atomic mass is 10.2. The number of rotatable bonds is 10. The normalized spacial score (nSPS) is 11.5. The molecule has 0 bridgehead atoms. The van der Waals surface area contributed by atoms with Gasteiger partial charge in [0.2, 0.25) is 0 Å². The van der Waals surface area contributed by atoms with E-state index < -0.39 is 0 Å². The Hall–Kier alpha value is -0.680. The smallest absolute Gasteiger partial charge is 0.0589 e. The monoisotopic (exact) mass is 296 g/mol. The summed E-state index contributed by atoms with van der Waals surface area (Å²) in [5.74, 6) is 0. The van der Waals surface area contributed by atoms with Crippen LogP contribution in [0.25, 0.3) is 0 Å². The van der Waals surface area contributed by atoms with Crippen LogP contribution < -0.4 is 5.32 Å². The summed E-state index contributed by atoms with van der Waals surface area (Å²) in [6.45, 7) is 14.9. The van der Waals surface area contributed by atoms with Gasteiger partial charge in [-0.2, -0.15) is 0 Å². The van der Waals surface area contributed by atoms with Crippen molar-refractivity contribution in [2.24, 2.45) is 0 Å². The van der Waals surface area contributed by atoms with Gasteiger partial charge in [0.05, 0.1) is 6.61 Å². The van der Waals surface area contributed by atoms with E-state index in [0.717, 1.165) is 32.8 Å². The topological polar surface area (TPSA) is 24.5 Å². The number of nitrogens with zero attached hydrogens (tertiary/aromatic N) is 1. The summed E-state index contributed by atoms with van der Waals surface area (Å²) in [4.78, 5) is 5.19. The zero-order valence-electron chi connectivity index (χ0n) is 13.2. The Labute approximate surface area is 127 Å². The van der Waals surface area contributed by atoms with Crippen molar-refractivity contribution in [3.8, 4) is 0 Å². The number of hydrogen-bond acceptors (Lipinski definition) is 4. The second-order valence-electron chi connectivity index (χ2n) is 5.35. The van der Waals surface area contributed by atoms with E-state index in [9.17, 15) is 0 Å². The van der Waals surface area contributed by atoms with Gasteiger partial charge >= 0.3 is 0 Å². The fraction of sp³-hybridized carbons (Fsp3) is 0.625. The molecule has 0 aliphatic carbocycles. The molecule has 1 N–H and O–H groups in total. The average molecular weight is 296 g/mol. The molecular weight excluding hydrogens is 268 g/mol. The first kappa shape index (κ1) is 17.4. The van der Waals surface area contributed by atoms with Crippen LogP contribution in [0.15, 0.2) is 18.7 Å². The van der Waals surface area contributed by atoms with Crippen LogP contribution in [0, 0.1) is 6.92 Å². The molecule has 1 heterocycles. The lowest BCUT2D eigenvalue weighted by molar-refractivity contribution is 0.151. The lowest BCUT2D eigenvalue weighted by Gasteiger charge is -2.20. The largest absolute Gasteiger partial charge is 0.383 e. The predicted octanol–water partition coefficient (Wildman–Crippen LogP) is 3.19. The van der Waals surface area contributed by atoms with E-state index in [0.29, 0.717) is 6.04 Å². The van der Waals surface area contributed by atoms with Crippen LogP contribution in [0.2, 0.25) is 0 Å². The van der Waals surface area contributed by atoms with Gasteiger partial charge in [0.25, 0.3) is 0 Å². The molecule has 0 spiro atoms. The van der Waals surface area contributed by atoms with E-state index in [1.807, 2.05) is 17.4 Å². The van der Waals surface area contributed by atoms with Crippen LogP contribution in [0.4, 0.5) is 0 Å². The molecule has 0 aromatic carbocycles. The molecular formula is C16H28N2OS.